The first-order valence-corrected chi connectivity index (χ1v) is 7.47. The summed E-state index contributed by atoms with van der Waals surface area (Å²) < 4.78 is 13.9. The molecular formula is C18H20FNO. The summed E-state index contributed by atoms with van der Waals surface area (Å²) >= 11 is 0. The molecule has 0 radical (unpaired) electrons. The van der Waals surface area contributed by atoms with Gasteiger partial charge in [-0.2, -0.15) is 0 Å². The number of halogens is 1. The van der Waals surface area contributed by atoms with Gasteiger partial charge < -0.3 is 10.4 Å². The van der Waals surface area contributed by atoms with Crippen LogP contribution in [0.5, 0.6) is 5.75 Å². The molecule has 2 unspecified atom stereocenters. The van der Waals surface area contributed by atoms with Crippen LogP contribution in [-0.4, -0.2) is 5.11 Å². The van der Waals surface area contributed by atoms with Crippen molar-refractivity contribution in [3.63, 3.8) is 0 Å². The molecule has 0 bridgehead atoms. The molecule has 0 saturated heterocycles. The molecule has 110 valence electrons. The van der Waals surface area contributed by atoms with Gasteiger partial charge >= 0.3 is 0 Å². The second-order valence-electron chi connectivity index (χ2n) is 5.74. The van der Waals surface area contributed by atoms with Crippen LogP contribution >= 0.6 is 0 Å². The first kappa shape index (κ1) is 14.1. The minimum absolute atomic E-state index is 0.0454. The molecule has 0 spiro atoms. The van der Waals surface area contributed by atoms with Crippen molar-refractivity contribution in [1.82, 2.24) is 5.32 Å². The summed E-state index contributed by atoms with van der Waals surface area (Å²) in [4.78, 5) is 0. The van der Waals surface area contributed by atoms with E-state index in [4.69, 9.17) is 0 Å². The van der Waals surface area contributed by atoms with Gasteiger partial charge in [0.25, 0.3) is 0 Å². The van der Waals surface area contributed by atoms with Crippen LogP contribution in [0.1, 0.15) is 48.5 Å². The quantitative estimate of drug-likeness (QED) is 0.883. The normalized spacial score (nSPS) is 19.0. The van der Waals surface area contributed by atoms with E-state index < -0.39 is 0 Å². The molecule has 2 aromatic rings. The highest BCUT2D eigenvalue weighted by molar-refractivity contribution is 5.38. The van der Waals surface area contributed by atoms with Crippen molar-refractivity contribution in [2.45, 2.75) is 38.3 Å². The van der Waals surface area contributed by atoms with Crippen molar-refractivity contribution >= 4 is 0 Å². The third-order valence-electron chi connectivity index (χ3n) is 4.26. The second-order valence-corrected chi connectivity index (χ2v) is 5.74. The molecule has 0 aromatic heterocycles. The number of benzene rings is 2. The smallest absolute Gasteiger partial charge is 0.127 e. The Kier molecular flexibility index (Phi) is 3.93. The molecule has 21 heavy (non-hydrogen) atoms. The van der Waals surface area contributed by atoms with Crippen LogP contribution in [0.3, 0.4) is 0 Å². The number of nitrogens with one attached hydrogen (secondary N) is 1. The fourth-order valence-corrected chi connectivity index (χ4v) is 3.19. The van der Waals surface area contributed by atoms with Crippen LogP contribution in [-0.2, 0) is 6.42 Å². The lowest BCUT2D eigenvalue weighted by atomic mass is 9.87. The number of phenols is 1. The number of aromatic hydroxyl groups is 1. The van der Waals surface area contributed by atoms with Gasteiger partial charge in [0.1, 0.15) is 11.6 Å². The highest BCUT2D eigenvalue weighted by atomic mass is 19.1. The number of hydrogen-bond donors (Lipinski definition) is 2. The van der Waals surface area contributed by atoms with E-state index in [-0.39, 0.29) is 17.9 Å². The molecule has 0 saturated carbocycles. The Labute approximate surface area is 124 Å². The van der Waals surface area contributed by atoms with Crippen LogP contribution in [0.4, 0.5) is 4.39 Å². The van der Waals surface area contributed by atoms with Crippen molar-refractivity contribution in [2.24, 2.45) is 0 Å². The van der Waals surface area contributed by atoms with Crippen LogP contribution in [0, 0.1) is 5.82 Å². The van der Waals surface area contributed by atoms with E-state index in [2.05, 4.69) is 5.32 Å². The maximum Gasteiger partial charge on any atom is 0.127 e. The summed E-state index contributed by atoms with van der Waals surface area (Å²) in [7, 11) is 0. The van der Waals surface area contributed by atoms with Gasteiger partial charge in [-0.3, -0.25) is 0 Å². The van der Waals surface area contributed by atoms with Crippen LogP contribution < -0.4 is 5.32 Å². The van der Waals surface area contributed by atoms with Crippen molar-refractivity contribution in [3.05, 3.63) is 65.0 Å². The average molecular weight is 285 g/mol. The topological polar surface area (TPSA) is 32.3 Å². The molecule has 0 aliphatic heterocycles. The highest BCUT2D eigenvalue weighted by Gasteiger charge is 2.23. The first-order chi connectivity index (χ1) is 10.1. The fraction of sp³-hybridized carbons (Fsp3) is 0.333. The summed E-state index contributed by atoms with van der Waals surface area (Å²) in [5, 5.41) is 13.1. The van der Waals surface area contributed by atoms with Gasteiger partial charge in [-0.05, 0) is 55.5 Å². The van der Waals surface area contributed by atoms with E-state index in [9.17, 15) is 9.50 Å². The van der Waals surface area contributed by atoms with Gasteiger partial charge in [0.05, 0.1) is 0 Å². The van der Waals surface area contributed by atoms with Crippen LogP contribution in [0.25, 0.3) is 0 Å². The number of aryl methyl sites for hydroxylation is 1. The van der Waals surface area contributed by atoms with Crippen molar-refractivity contribution in [2.75, 3.05) is 0 Å². The van der Waals surface area contributed by atoms with Crippen LogP contribution in [0.15, 0.2) is 42.5 Å². The zero-order chi connectivity index (χ0) is 14.8. The van der Waals surface area contributed by atoms with E-state index in [0.717, 1.165) is 19.3 Å². The van der Waals surface area contributed by atoms with Crippen LogP contribution in [0.2, 0.25) is 0 Å². The molecular weight excluding hydrogens is 265 g/mol. The summed E-state index contributed by atoms with van der Waals surface area (Å²) in [6, 6.07) is 12.6. The molecule has 1 aliphatic rings. The Bertz CT molecular complexity index is 641. The maximum atomic E-state index is 13.9. The van der Waals surface area contributed by atoms with E-state index in [1.807, 2.05) is 31.2 Å². The molecule has 0 amide bonds. The van der Waals surface area contributed by atoms with Gasteiger partial charge in [-0.1, -0.05) is 24.3 Å². The lowest BCUT2D eigenvalue weighted by Crippen LogP contribution is -2.28. The minimum atomic E-state index is -0.167. The van der Waals surface area contributed by atoms with Gasteiger partial charge in [-0.15, -0.1) is 0 Å². The Morgan fingerprint density at radius 2 is 2.05 bits per heavy atom. The minimum Gasteiger partial charge on any atom is -0.508 e. The number of hydrogen-bond acceptors (Lipinski definition) is 2. The largest absolute Gasteiger partial charge is 0.508 e. The molecule has 2 N–H and O–H groups in total. The lowest BCUT2D eigenvalue weighted by Gasteiger charge is -2.29. The van der Waals surface area contributed by atoms with Gasteiger partial charge in [0.2, 0.25) is 0 Å². The molecule has 2 aromatic carbocycles. The van der Waals surface area contributed by atoms with Crippen molar-refractivity contribution in [3.8, 4) is 5.75 Å². The molecule has 2 nitrogen and oxygen atoms in total. The summed E-state index contributed by atoms with van der Waals surface area (Å²) in [5.74, 6) is 0.149. The molecule has 0 fully saturated rings. The Morgan fingerprint density at radius 3 is 2.86 bits per heavy atom. The predicted molar refractivity (Wildman–Crippen MR) is 81.7 cm³/mol. The number of phenolic OH excluding ortho intramolecular Hbond substituents is 1. The molecule has 0 heterocycles. The number of fused-ring (bicyclic) bond motifs is 1. The summed E-state index contributed by atoms with van der Waals surface area (Å²) in [6.45, 7) is 1.99. The Morgan fingerprint density at radius 1 is 1.24 bits per heavy atom. The monoisotopic (exact) mass is 285 g/mol. The predicted octanol–water partition coefficient (Wildman–Crippen LogP) is 4.26. The maximum absolute atomic E-state index is 13.9. The zero-order valence-electron chi connectivity index (χ0n) is 12.1. The summed E-state index contributed by atoms with van der Waals surface area (Å²) in [6.07, 6.45) is 3.12. The van der Waals surface area contributed by atoms with E-state index in [1.54, 1.807) is 12.1 Å². The van der Waals surface area contributed by atoms with E-state index >= 15 is 0 Å². The van der Waals surface area contributed by atoms with E-state index in [1.165, 1.54) is 17.2 Å². The third-order valence-corrected chi connectivity index (χ3v) is 4.26. The molecule has 2 atom stereocenters. The zero-order valence-corrected chi connectivity index (χ0v) is 12.1. The Hall–Kier alpha value is -1.87. The SMILES string of the molecule is CC(NC1CCCc2cc(O)ccc21)c1ccccc1F. The summed E-state index contributed by atoms with van der Waals surface area (Å²) in [5.41, 5.74) is 3.12. The molecule has 3 rings (SSSR count). The third kappa shape index (κ3) is 2.93. The average Bonchev–Trinajstić information content (AvgIpc) is 2.47. The standard InChI is InChI=1S/C18H20FNO/c1-12(15-6-2-3-7-17(15)19)20-18-8-4-5-13-11-14(21)9-10-16(13)18/h2-3,6-7,9-12,18,20-21H,4-5,8H2,1H3. The lowest BCUT2D eigenvalue weighted by molar-refractivity contribution is 0.405. The van der Waals surface area contributed by atoms with Crippen molar-refractivity contribution < 1.29 is 9.50 Å². The first-order valence-electron chi connectivity index (χ1n) is 7.47. The molecule has 1 aliphatic carbocycles. The van der Waals surface area contributed by atoms with Gasteiger partial charge in [0.15, 0.2) is 0 Å². The number of rotatable bonds is 3. The van der Waals surface area contributed by atoms with E-state index in [0.29, 0.717) is 11.3 Å². The van der Waals surface area contributed by atoms with Crippen molar-refractivity contribution in [1.29, 1.82) is 0 Å². The highest BCUT2D eigenvalue weighted by Crippen LogP contribution is 2.33. The Balaban J connectivity index is 1.82. The van der Waals surface area contributed by atoms with Gasteiger partial charge in [0, 0.05) is 17.6 Å². The van der Waals surface area contributed by atoms with Gasteiger partial charge in [-0.25, -0.2) is 4.39 Å². The molecule has 3 heteroatoms. The second kappa shape index (κ2) is 5.86. The fourth-order valence-electron chi connectivity index (χ4n) is 3.19.